The smallest absolute Gasteiger partial charge is 0.0230 e. The van der Waals surface area contributed by atoms with Crippen LogP contribution in [0.3, 0.4) is 0 Å². The quantitative estimate of drug-likeness (QED) is 0.526. The summed E-state index contributed by atoms with van der Waals surface area (Å²) in [4.78, 5) is 0. The predicted octanol–water partition coefficient (Wildman–Crippen LogP) is 3.70. The molecule has 0 aliphatic heterocycles. The maximum Gasteiger partial charge on any atom is -0.0230 e. The van der Waals surface area contributed by atoms with Gasteiger partial charge in [0.15, 0.2) is 0 Å². The molecular weight excluding hydrogens is 132 g/mol. The van der Waals surface area contributed by atoms with Crippen LogP contribution in [0.5, 0.6) is 0 Å². The van der Waals surface area contributed by atoms with Gasteiger partial charge >= 0.3 is 0 Å². The highest BCUT2D eigenvalue weighted by Gasteiger charge is 2.08. The summed E-state index contributed by atoms with van der Waals surface area (Å²) in [5.41, 5.74) is 1.18. The zero-order chi connectivity index (χ0) is 8.10. The maximum absolute atomic E-state index is 3.85. The molecule has 0 bridgehead atoms. The molecule has 62 valence electrons. The number of allylic oxidation sites excluding steroid dienone is 3. The van der Waals surface area contributed by atoms with Gasteiger partial charge in [0.2, 0.25) is 0 Å². The van der Waals surface area contributed by atoms with Gasteiger partial charge in [-0.25, -0.2) is 0 Å². The predicted molar refractivity (Wildman–Crippen MR) is 50.5 cm³/mol. The first-order chi connectivity index (χ1) is 5.29. The highest BCUT2D eigenvalue weighted by atomic mass is 14.1. The standard InChI is InChI=1S/C11H18/c1-10(2)8-9-11-6-4-3-5-7-11/h8-9,11H,1,3-7H2,2H3/b9-8-. The van der Waals surface area contributed by atoms with Crippen LogP contribution in [0.2, 0.25) is 0 Å². The van der Waals surface area contributed by atoms with Crippen molar-refractivity contribution in [1.82, 2.24) is 0 Å². The fourth-order valence-corrected chi connectivity index (χ4v) is 1.63. The molecule has 1 saturated carbocycles. The van der Waals surface area contributed by atoms with Crippen LogP contribution in [0, 0.1) is 5.92 Å². The van der Waals surface area contributed by atoms with E-state index in [-0.39, 0.29) is 0 Å². The highest BCUT2D eigenvalue weighted by molar-refractivity contribution is 5.12. The lowest BCUT2D eigenvalue weighted by atomic mass is 9.89. The zero-order valence-electron chi connectivity index (χ0n) is 7.47. The van der Waals surface area contributed by atoms with E-state index < -0.39 is 0 Å². The van der Waals surface area contributed by atoms with Crippen LogP contribution in [0.1, 0.15) is 39.0 Å². The van der Waals surface area contributed by atoms with E-state index in [9.17, 15) is 0 Å². The van der Waals surface area contributed by atoms with E-state index in [2.05, 4.69) is 25.7 Å². The Bertz CT molecular complexity index is 147. The topological polar surface area (TPSA) is 0 Å². The summed E-state index contributed by atoms with van der Waals surface area (Å²) in [5, 5.41) is 0. The summed E-state index contributed by atoms with van der Waals surface area (Å²) in [6.45, 7) is 5.91. The van der Waals surface area contributed by atoms with Gasteiger partial charge in [-0.1, -0.05) is 43.6 Å². The van der Waals surface area contributed by atoms with Crippen molar-refractivity contribution in [3.63, 3.8) is 0 Å². The van der Waals surface area contributed by atoms with Gasteiger partial charge in [-0.15, -0.1) is 0 Å². The van der Waals surface area contributed by atoms with Crippen molar-refractivity contribution in [2.75, 3.05) is 0 Å². The second-order valence-electron chi connectivity index (χ2n) is 3.60. The molecule has 0 spiro atoms. The molecule has 1 rings (SSSR count). The molecule has 0 nitrogen and oxygen atoms in total. The molecule has 0 radical (unpaired) electrons. The van der Waals surface area contributed by atoms with Crippen molar-refractivity contribution in [1.29, 1.82) is 0 Å². The molecular formula is C11H18. The first kappa shape index (κ1) is 8.58. The minimum atomic E-state index is 0.848. The number of hydrogen-bond donors (Lipinski definition) is 0. The molecule has 0 amide bonds. The molecule has 0 aromatic heterocycles. The Morgan fingerprint density at radius 1 is 1.27 bits per heavy atom. The fourth-order valence-electron chi connectivity index (χ4n) is 1.63. The third kappa shape index (κ3) is 3.41. The maximum atomic E-state index is 3.85. The number of hydrogen-bond acceptors (Lipinski definition) is 0. The highest BCUT2D eigenvalue weighted by Crippen LogP contribution is 2.24. The monoisotopic (exact) mass is 150 g/mol. The Morgan fingerprint density at radius 3 is 2.45 bits per heavy atom. The SMILES string of the molecule is C=C(C)/C=C\C1CCCCC1. The Kier molecular flexibility index (Phi) is 3.41. The Labute approximate surface area is 70.0 Å². The van der Waals surface area contributed by atoms with E-state index in [1.165, 1.54) is 37.7 Å². The largest absolute Gasteiger partial charge is 0.0961 e. The molecule has 0 N–H and O–H groups in total. The van der Waals surface area contributed by atoms with Crippen LogP contribution in [0.25, 0.3) is 0 Å². The van der Waals surface area contributed by atoms with Gasteiger partial charge in [-0.2, -0.15) is 0 Å². The molecule has 1 fully saturated rings. The van der Waals surface area contributed by atoms with Crippen molar-refractivity contribution >= 4 is 0 Å². The van der Waals surface area contributed by atoms with E-state index in [4.69, 9.17) is 0 Å². The summed E-state index contributed by atoms with van der Waals surface area (Å²) < 4.78 is 0. The van der Waals surface area contributed by atoms with Gasteiger partial charge in [0.25, 0.3) is 0 Å². The lowest BCUT2D eigenvalue weighted by Gasteiger charge is -2.17. The summed E-state index contributed by atoms with van der Waals surface area (Å²) in [6.07, 6.45) is 11.6. The normalized spacial score (nSPS) is 20.8. The molecule has 0 unspecified atom stereocenters. The molecule has 1 aliphatic rings. The van der Waals surface area contributed by atoms with Gasteiger partial charge in [-0.3, -0.25) is 0 Å². The van der Waals surface area contributed by atoms with E-state index in [0.717, 1.165) is 5.92 Å². The van der Waals surface area contributed by atoms with Gasteiger partial charge in [0, 0.05) is 0 Å². The average Bonchev–Trinajstić information content (AvgIpc) is 2.03. The summed E-state index contributed by atoms with van der Waals surface area (Å²) in [7, 11) is 0. The second-order valence-corrected chi connectivity index (χ2v) is 3.60. The molecule has 0 atom stereocenters. The molecule has 0 heteroatoms. The zero-order valence-corrected chi connectivity index (χ0v) is 7.47. The first-order valence-corrected chi connectivity index (χ1v) is 4.63. The first-order valence-electron chi connectivity index (χ1n) is 4.63. The van der Waals surface area contributed by atoms with Crippen LogP contribution in [0.4, 0.5) is 0 Å². The van der Waals surface area contributed by atoms with Crippen LogP contribution >= 0.6 is 0 Å². The van der Waals surface area contributed by atoms with Crippen molar-refractivity contribution in [2.45, 2.75) is 39.0 Å². The summed E-state index contributed by atoms with van der Waals surface area (Å²) in [5.74, 6) is 0.848. The third-order valence-electron chi connectivity index (χ3n) is 2.30. The molecule has 11 heavy (non-hydrogen) atoms. The molecule has 0 saturated heterocycles. The second kappa shape index (κ2) is 4.38. The molecule has 1 aliphatic carbocycles. The molecule has 0 aromatic carbocycles. The summed E-state index contributed by atoms with van der Waals surface area (Å²) in [6, 6.07) is 0. The third-order valence-corrected chi connectivity index (χ3v) is 2.30. The van der Waals surface area contributed by atoms with Crippen LogP contribution in [-0.4, -0.2) is 0 Å². The summed E-state index contributed by atoms with van der Waals surface area (Å²) >= 11 is 0. The van der Waals surface area contributed by atoms with Gasteiger partial charge in [-0.05, 0) is 25.7 Å². The Balaban J connectivity index is 2.29. The van der Waals surface area contributed by atoms with Crippen LogP contribution in [-0.2, 0) is 0 Å². The minimum absolute atomic E-state index is 0.848. The lowest BCUT2D eigenvalue weighted by molar-refractivity contribution is 0.419. The lowest BCUT2D eigenvalue weighted by Crippen LogP contribution is -2.02. The molecule has 0 aromatic rings. The van der Waals surface area contributed by atoms with E-state index in [1.54, 1.807) is 0 Å². The Morgan fingerprint density at radius 2 is 1.91 bits per heavy atom. The minimum Gasteiger partial charge on any atom is -0.0961 e. The molecule has 0 heterocycles. The Hall–Kier alpha value is -0.520. The van der Waals surface area contributed by atoms with Gasteiger partial charge < -0.3 is 0 Å². The van der Waals surface area contributed by atoms with Gasteiger partial charge in [0.05, 0.1) is 0 Å². The van der Waals surface area contributed by atoms with Gasteiger partial charge in [0.1, 0.15) is 0 Å². The van der Waals surface area contributed by atoms with Crippen molar-refractivity contribution in [3.05, 3.63) is 24.3 Å². The van der Waals surface area contributed by atoms with Crippen LogP contribution in [0.15, 0.2) is 24.3 Å². The van der Waals surface area contributed by atoms with Crippen molar-refractivity contribution in [3.8, 4) is 0 Å². The number of rotatable bonds is 2. The van der Waals surface area contributed by atoms with Crippen molar-refractivity contribution in [2.24, 2.45) is 5.92 Å². The van der Waals surface area contributed by atoms with Crippen molar-refractivity contribution < 1.29 is 0 Å². The van der Waals surface area contributed by atoms with E-state index in [0.29, 0.717) is 0 Å². The average molecular weight is 150 g/mol. The fraction of sp³-hybridized carbons (Fsp3) is 0.636. The van der Waals surface area contributed by atoms with E-state index >= 15 is 0 Å². The van der Waals surface area contributed by atoms with E-state index in [1.807, 2.05) is 0 Å². The van der Waals surface area contributed by atoms with Crippen LogP contribution < -0.4 is 0 Å².